The standard InChI is InChI=1S/C25H28N4O3S2.C22H25N5O2S2.C20H22N6OS2/c1-24(2)12-16(13-25(3,4)28-24)32-23-27-22-21(34-23)26-20(33-22)17-7-6-14(10-18(17)30)15-8-9-29(5)19(31)11-15;1-21(2)8-14(9-22(3,4)27-21)29-20-26-19-18(31-20)25-17(30-19)15-6-5-12(7-16(15)28)13-10-23-24-11-13;1-25-11-13(10-22-25)12-3-4-15(16(27)9-12)17-23-18-19(28-17)24-20(29-18)26(2)14-5-7-21-8-6-14/h6-11,16,28,30H,12-13H2,1-5H3;5-7,10-11,14,27-28H,8-9H2,1-4H3,(H,23,24);3-4,9-11,14,21,27H,5-8H2,1-2H3. The Morgan fingerprint density at radius 3 is 1.38 bits per heavy atom. The number of aromatic nitrogens is 11. The molecule has 3 aliphatic heterocycles. The van der Waals surface area contributed by atoms with E-state index in [1.807, 2.05) is 55.7 Å². The molecular formula is C67H75N15O6S6. The van der Waals surface area contributed by atoms with E-state index in [0.29, 0.717) is 32.6 Å². The number of H-pyrrole nitrogens is 1. The van der Waals surface area contributed by atoms with Gasteiger partial charge in [0, 0.05) is 111 Å². The lowest BCUT2D eigenvalue weighted by molar-refractivity contribution is 0.0553. The summed E-state index contributed by atoms with van der Waals surface area (Å²) < 4.78 is 15.8. The predicted octanol–water partition coefficient (Wildman–Crippen LogP) is 14.1. The highest BCUT2D eigenvalue weighted by atomic mass is 32.1. The van der Waals surface area contributed by atoms with Gasteiger partial charge in [0.05, 0.1) is 29.1 Å². The van der Waals surface area contributed by atoms with E-state index >= 15 is 0 Å². The van der Waals surface area contributed by atoms with Crippen LogP contribution >= 0.6 is 68.0 Å². The molecular weight excluding hydrogens is 1300 g/mol. The molecule has 3 aromatic carbocycles. The minimum atomic E-state index is -0.0954. The van der Waals surface area contributed by atoms with Crippen LogP contribution in [0.25, 0.3) is 94.1 Å². The van der Waals surface area contributed by atoms with Crippen LogP contribution in [0.2, 0.25) is 0 Å². The molecule has 0 saturated carbocycles. The highest BCUT2D eigenvalue weighted by molar-refractivity contribution is 7.30. The lowest BCUT2D eigenvalue weighted by Gasteiger charge is -2.45. The molecule has 7 N–H and O–H groups in total. The van der Waals surface area contributed by atoms with Crippen molar-refractivity contribution < 1.29 is 24.8 Å². The number of hydrogen-bond acceptors (Lipinski definition) is 24. The molecule has 0 atom stereocenters. The molecule has 0 amide bonds. The normalized spacial score (nSPS) is 17.2. The zero-order valence-corrected chi connectivity index (χ0v) is 59.0. The SMILES string of the molecule is CC1(C)CC(Oc2nc3sc(-c4ccc(-c5cn[nH]c5)cc4O)nc3s2)CC(C)(C)N1.CN(c1nc2sc(-c3ccc(-c4cnn(C)c4)cc3O)nc2s1)C1CCNCC1.Cn1ccc(-c2ccc(-c3nc4sc(OC5CC(C)(C)NC(C)(C)C5)nc4s3)c(O)c2)cc1=O. The Morgan fingerprint density at radius 1 is 0.532 bits per heavy atom. The lowest BCUT2D eigenvalue weighted by atomic mass is 9.81. The molecule has 3 saturated heterocycles. The third-order valence-corrected chi connectivity index (χ3v) is 22.9. The van der Waals surface area contributed by atoms with Crippen LogP contribution in [0.15, 0.2) is 103 Å². The number of nitrogens with one attached hydrogen (secondary N) is 4. The average Bonchev–Trinajstić information content (AvgIpc) is 1.69. The van der Waals surface area contributed by atoms with Crippen molar-refractivity contribution in [2.75, 3.05) is 25.0 Å². The van der Waals surface area contributed by atoms with Crippen molar-refractivity contribution in [2.24, 2.45) is 14.1 Å². The summed E-state index contributed by atoms with van der Waals surface area (Å²) in [5.41, 5.74) is 7.30. The van der Waals surface area contributed by atoms with Gasteiger partial charge in [-0.05, 0) is 146 Å². The second-order valence-electron chi connectivity index (χ2n) is 27.0. The fourth-order valence-electron chi connectivity index (χ4n) is 13.1. The number of anilines is 1. The van der Waals surface area contributed by atoms with Crippen molar-refractivity contribution in [3.8, 4) is 92.7 Å². The van der Waals surface area contributed by atoms with Crippen LogP contribution in [-0.2, 0) is 14.1 Å². The summed E-state index contributed by atoms with van der Waals surface area (Å²) >= 11 is 8.96. The molecule has 9 aromatic heterocycles. The van der Waals surface area contributed by atoms with Crippen LogP contribution in [0.4, 0.5) is 5.13 Å². The number of aromatic hydroxyl groups is 3. The molecule has 3 aliphatic rings. The van der Waals surface area contributed by atoms with E-state index in [9.17, 15) is 20.1 Å². The largest absolute Gasteiger partial charge is 0.507 e. The first-order chi connectivity index (χ1) is 44.7. The van der Waals surface area contributed by atoms with Crippen molar-refractivity contribution >= 4 is 102 Å². The Balaban J connectivity index is 0.000000128. The van der Waals surface area contributed by atoms with E-state index < -0.39 is 0 Å². The maximum absolute atomic E-state index is 11.9. The van der Waals surface area contributed by atoms with E-state index in [1.54, 1.807) is 72.1 Å². The molecule has 3 fully saturated rings. The minimum Gasteiger partial charge on any atom is -0.507 e. The van der Waals surface area contributed by atoms with Gasteiger partial charge < -0.3 is 50.2 Å². The second-order valence-corrected chi connectivity index (χ2v) is 32.7. The third-order valence-electron chi connectivity index (χ3n) is 16.9. The van der Waals surface area contributed by atoms with Gasteiger partial charge in [-0.2, -0.15) is 20.2 Å². The number of fused-ring (bicyclic) bond motifs is 3. The van der Waals surface area contributed by atoms with E-state index in [4.69, 9.17) is 29.4 Å². The number of thiazole rings is 6. The fourth-order valence-corrected chi connectivity index (χ4v) is 19.2. The van der Waals surface area contributed by atoms with Crippen LogP contribution in [0.3, 0.4) is 0 Å². The van der Waals surface area contributed by atoms with Crippen molar-refractivity contribution in [1.82, 2.24) is 70.4 Å². The number of hydrogen-bond donors (Lipinski definition) is 7. The summed E-state index contributed by atoms with van der Waals surface area (Å²) in [6, 6.07) is 20.6. The Labute approximate surface area is 567 Å². The van der Waals surface area contributed by atoms with Crippen molar-refractivity contribution in [1.29, 1.82) is 0 Å². The lowest BCUT2D eigenvalue weighted by Crippen LogP contribution is -2.60. The van der Waals surface area contributed by atoms with Crippen molar-refractivity contribution in [3.63, 3.8) is 0 Å². The van der Waals surface area contributed by atoms with E-state index in [2.05, 4.69) is 109 Å². The first-order valence-electron chi connectivity index (χ1n) is 31.1. The van der Waals surface area contributed by atoms with Crippen LogP contribution in [-0.4, -0.2) is 130 Å². The van der Waals surface area contributed by atoms with Gasteiger partial charge >= 0.3 is 0 Å². The van der Waals surface area contributed by atoms with Gasteiger partial charge in [-0.15, -0.1) is 0 Å². The number of ether oxygens (including phenoxy) is 2. The zero-order chi connectivity index (χ0) is 66.0. The van der Waals surface area contributed by atoms with Crippen LogP contribution in [0.5, 0.6) is 27.6 Å². The van der Waals surface area contributed by atoms with Gasteiger partial charge in [0.1, 0.15) is 44.5 Å². The van der Waals surface area contributed by atoms with Crippen LogP contribution in [0, 0.1) is 0 Å². The molecule has 0 bridgehead atoms. The average molecular weight is 1380 g/mol. The van der Waals surface area contributed by atoms with E-state index in [1.165, 1.54) is 61.3 Å². The van der Waals surface area contributed by atoms with Crippen molar-refractivity contribution in [3.05, 3.63) is 108 Å². The van der Waals surface area contributed by atoms with Gasteiger partial charge in [0.2, 0.25) is 0 Å². The molecule has 490 valence electrons. The smallest absolute Gasteiger partial charge is 0.276 e. The summed E-state index contributed by atoms with van der Waals surface area (Å²) in [7, 11) is 5.71. The molecule has 12 heterocycles. The van der Waals surface area contributed by atoms with Crippen molar-refractivity contribution in [2.45, 2.75) is 134 Å². The van der Waals surface area contributed by atoms with Crippen LogP contribution in [0.1, 0.15) is 93.9 Å². The molecule has 15 rings (SSSR count). The Kier molecular flexibility index (Phi) is 17.8. The number of pyridine rings is 1. The minimum absolute atomic E-state index is 0.00282. The molecule has 27 heteroatoms. The predicted molar refractivity (Wildman–Crippen MR) is 382 cm³/mol. The zero-order valence-electron chi connectivity index (χ0n) is 54.1. The number of phenols is 3. The quantitative estimate of drug-likeness (QED) is 0.0599. The number of aromatic amines is 1. The molecule has 94 heavy (non-hydrogen) atoms. The number of nitrogens with zero attached hydrogens (tertiary/aromatic N) is 11. The summed E-state index contributed by atoms with van der Waals surface area (Å²) in [5.74, 6) is 0.533. The molecule has 0 spiro atoms. The molecule has 0 unspecified atom stereocenters. The monoisotopic (exact) mass is 1380 g/mol. The van der Waals surface area contributed by atoms with Gasteiger partial charge in [0.25, 0.3) is 15.9 Å². The highest BCUT2D eigenvalue weighted by Crippen LogP contribution is 2.45. The maximum atomic E-state index is 11.9. The van der Waals surface area contributed by atoms with Crippen LogP contribution < -0.4 is 35.9 Å². The summed E-state index contributed by atoms with van der Waals surface area (Å²) in [4.78, 5) is 47.7. The third kappa shape index (κ3) is 14.6. The van der Waals surface area contributed by atoms with E-state index in [-0.39, 0.29) is 57.2 Å². The Bertz CT molecular complexity index is 4630. The summed E-state index contributed by atoms with van der Waals surface area (Å²) in [6.45, 7) is 19.8. The first-order valence-corrected chi connectivity index (χ1v) is 36.0. The molecule has 0 radical (unpaired) electrons. The topological polar surface area (TPSA) is 264 Å². The number of piperidine rings is 3. The number of phenolic OH excluding ortho intramolecular Hbond substituents is 3. The molecule has 12 aromatic rings. The highest BCUT2D eigenvalue weighted by Gasteiger charge is 2.41. The second kappa shape index (κ2) is 25.8. The Hall–Kier alpha value is -7.73. The van der Waals surface area contributed by atoms with Gasteiger partial charge in [-0.25, -0.2) is 19.9 Å². The van der Waals surface area contributed by atoms with E-state index in [0.717, 1.165) is 135 Å². The number of benzene rings is 3. The van der Waals surface area contributed by atoms with Gasteiger partial charge in [-0.3, -0.25) is 14.6 Å². The first kappa shape index (κ1) is 65.0. The van der Waals surface area contributed by atoms with Gasteiger partial charge in [0.15, 0.2) is 34.1 Å². The number of rotatable bonds is 12. The fraction of sp³-hybridized carbons (Fsp3) is 0.388. The Morgan fingerprint density at radius 2 is 0.968 bits per heavy atom. The summed E-state index contributed by atoms with van der Waals surface area (Å²) in [6.07, 6.45) is 15.1. The molecule has 21 nitrogen and oxygen atoms in total. The number of aryl methyl sites for hydroxylation is 2. The summed E-state index contributed by atoms with van der Waals surface area (Å²) in [5, 5.41) is 58.1. The van der Waals surface area contributed by atoms with Gasteiger partial charge in [-0.1, -0.05) is 86.2 Å². The maximum Gasteiger partial charge on any atom is 0.276 e. The molecule has 0 aliphatic carbocycles.